The topological polar surface area (TPSA) is 46.9 Å². The van der Waals surface area contributed by atoms with Crippen molar-refractivity contribution in [2.24, 2.45) is 0 Å². The van der Waals surface area contributed by atoms with Crippen LogP contribution in [0.2, 0.25) is 0 Å². The van der Waals surface area contributed by atoms with Crippen LogP contribution in [-0.4, -0.2) is 21.0 Å². The average molecular weight is 343 g/mol. The molecule has 0 saturated heterocycles. The third kappa shape index (κ3) is 3.31. The fraction of sp³-hybridized carbons (Fsp3) is 0.182. The number of aromatic nitrogens is 2. The van der Waals surface area contributed by atoms with Crippen molar-refractivity contribution < 1.29 is 4.79 Å². The maximum absolute atomic E-state index is 12.6. The zero-order chi connectivity index (χ0) is 18.0. The molecule has 1 unspecified atom stereocenters. The predicted molar refractivity (Wildman–Crippen MR) is 104 cm³/mol. The molecule has 0 radical (unpaired) electrons. The van der Waals surface area contributed by atoms with E-state index in [0.717, 1.165) is 28.5 Å². The number of benzene rings is 1. The van der Waals surface area contributed by atoms with Crippen molar-refractivity contribution in [1.82, 2.24) is 14.9 Å². The highest BCUT2D eigenvalue weighted by molar-refractivity contribution is 5.84. The van der Waals surface area contributed by atoms with E-state index in [1.807, 2.05) is 47.2 Å². The second-order valence-electron chi connectivity index (χ2n) is 6.90. The predicted octanol–water partition coefficient (Wildman–Crippen LogP) is 3.95. The highest BCUT2D eigenvalue weighted by atomic mass is 16.2. The van der Waals surface area contributed by atoms with Gasteiger partial charge in [0.15, 0.2) is 0 Å². The summed E-state index contributed by atoms with van der Waals surface area (Å²) in [5.74, 6) is 0.0132. The van der Waals surface area contributed by atoms with Gasteiger partial charge < -0.3 is 9.88 Å². The molecule has 1 N–H and O–H groups in total. The van der Waals surface area contributed by atoms with Gasteiger partial charge in [-0.25, -0.2) is 0 Å². The first-order valence-corrected chi connectivity index (χ1v) is 8.78. The highest BCUT2D eigenvalue weighted by Crippen LogP contribution is 2.26. The number of nitrogens with zero attached hydrogens (tertiary/aromatic N) is 2. The molecule has 1 aliphatic carbocycles. The molecule has 0 bridgehead atoms. The van der Waals surface area contributed by atoms with E-state index in [4.69, 9.17) is 0 Å². The van der Waals surface area contributed by atoms with Crippen LogP contribution in [0.5, 0.6) is 0 Å². The molecular formula is C22H21N3O. The summed E-state index contributed by atoms with van der Waals surface area (Å²) in [6.07, 6.45) is 12.6. The summed E-state index contributed by atoms with van der Waals surface area (Å²) in [6.45, 7) is 2.37. The van der Waals surface area contributed by atoms with Gasteiger partial charge in [0.25, 0.3) is 0 Å². The van der Waals surface area contributed by atoms with Crippen LogP contribution in [0.4, 0.5) is 0 Å². The minimum absolute atomic E-state index is 0.0132. The van der Waals surface area contributed by atoms with E-state index < -0.39 is 0 Å². The van der Waals surface area contributed by atoms with E-state index >= 15 is 0 Å². The van der Waals surface area contributed by atoms with E-state index in [-0.39, 0.29) is 11.4 Å². The summed E-state index contributed by atoms with van der Waals surface area (Å²) in [5, 5.41) is 4.31. The zero-order valence-electron chi connectivity index (χ0n) is 14.7. The normalized spacial score (nSPS) is 19.3. The average Bonchev–Trinajstić information content (AvgIpc) is 3.06. The lowest BCUT2D eigenvalue weighted by molar-refractivity contribution is -0.122. The lowest BCUT2D eigenvalue weighted by atomic mass is 9.88. The molecule has 4 nitrogen and oxygen atoms in total. The molecule has 1 amide bonds. The van der Waals surface area contributed by atoms with E-state index in [9.17, 15) is 4.79 Å². The van der Waals surface area contributed by atoms with Gasteiger partial charge in [-0.2, -0.15) is 0 Å². The van der Waals surface area contributed by atoms with Gasteiger partial charge in [-0.1, -0.05) is 36.4 Å². The maximum atomic E-state index is 12.6. The minimum Gasteiger partial charge on any atom is -0.346 e. The molecule has 4 heteroatoms. The Bertz CT molecular complexity index is 1000. The van der Waals surface area contributed by atoms with Crippen LogP contribution in [0.1, 0.15) is 18.9 Å². The Morgan fingerprint density at radius 3 is 2.77 bits per heavy atom. The largest absolute Gasteiger partial charge is 0.346 e. The van der Waals surface area contributed by atoms with E-state index in [1.165, 1.54) is 0 Å². The first kappa shape index (κ1) is 16.3. The van der Waals surface area contributed by atoms with Crippen LogP contribution in [0, 0.1) is 0 Å². The molecule has 1 atom stereocenters. The molecule has 1 aromatic carbocycles. The Morgan fingerprint density at radius 1 is 1.19 bits per heavy atom. The number of nitrogens with one attached hydrogen (secondary N) is 1. The Labute approximate surface area is 152 Å². The van der Waals surface area contributed by atoms with Crippen LogP contribution >= 0.6 is 0 Å². The fourth-order valence-corrected chi connectivity index (χ4v) is 3.37. The van der Waals surface area contributed by atoms with E-state index in [0.29, 0.717) is 6.54 Å². The van der Waals surface area contributed by atoms with Crippen molar-refractivity contribution in [3.8, 4) is 0 Å². The third-order valence-electron chi connectivity index (χ3n) is 4.81. The Morgan fingerprint density at radius 2 is 2.00 bits per heavy atom. The summed E-state index contributed by atoms with van der Waals surface area (Å²) in [7, 11) is 0. The van der Waals surface area contributed by atoms with Crippen LogP contribution in [0.15, 0.2) is 79.3 Å². The van der Waals surface area contributed by atoms with E-state index in [2.05, 4.69) is 41.5 Å². The van der Waals surface area contributed by atoms with Crippen molar-refractivity contribution >= 4 is 22.4 Å². The number of rotatable bonds is 4. The summed E-state index contributed by atoms with van der Waals surface area (Å²) < 4.78 is 1.98. The summed E-state index contributed by atoms with van der Waals surface area (Å²) in [4.78, 5) is 16.6. The molecule has 1 aliphatic rings. The first-order chi connectivity index (χ1) is 12.6. The maximum Gasteiger partial charge on any atom is 0.240 e. The lowest BCUT2D eigenvalue weighted by Crippen LogP contribution is -2.46. The Hall–Kier alpha value is -3.14. The smallest absolute Gasteiger partial charge is 0.240 e. The molecule has 2 aromatic heterocycles. The molecule has 0 saturated carbocycles. The number of amides is 1. The van der Waals surface area contributed by atoms with Gasteiger partial charge in [0, 0.05) is 24.1 Å². The first-order valence-electron chi connectivity index (χ1n) is 8.78. The lowest BCUT2D eigenvalue weighted by Gasteiger charge is -2.29. The van der Waals surface area contributed by atoms with Gasteiger partial charge in [0.2, 0.25) is 5.91 Å². The second kappa shape index (κ2) is 6.64. The Balaban J connectivity index is 1.43. The molecule has 4 rings (SSSR count). The molecule has 130 valence electrons. The number of pyridine rings is 1. The monoisotopic (exact) mass is 343 g/mol. The second-order valence-corrected chi connectivity index (χ2v) is 6.90. The molecule has 26 heavy (non-hydrogen) atoms. The third-order valence-corrected chi connectivity index (χ3v) is 4.81. The van der Waals surface area contributed by atoms with Gasteiger partial charge in [0.05, 0.1) is 5.54 Å². The van der Waals surface area contributed by atoms with Gasteiger partial charge in [-0.15, -0.1) is 0 Å². The zero-order valence-corrected chi connectivity index (χ0v) is 14.7. The van der Waals surface area contributed by atoms with Gasteiger partial charge in [-0.05, 0) is 54.1 Å². The molecule has 3 aromatic rings. The number of hydrogen-bond acceptors (Lipinski definition) is 2. The summed E-state index contributed by atoms with van der Waals surface area (Å²) >= 11 is 0. The van der Waals surface area contributed by atoms with Crippen molar-refractivity contribution in [2.45, 2.75) is 25.4 Å². The molecule has 0 fully saturated rings. The van der Waals surface area contributed by atoms with Crippen molar-refractivity contribution in [1.29, 1.82) is 0 Å². The quantitative estimate of drug-likeness (QED) is 0.779. The summed E-state index contributed by atoms with van der Waals surface area (Å²) in [6, 6.07) is 14.1. The van der Waals surface area contributed by atoms with Gasteiger partial charge >= 0.3 is 0 Å². The van der Waals surface area contributed by atoms with Crippen molar-refractivity contribution in [3.63, 3.8) is 0 Å². The molecule has 2 heterocycles. The number of allylic oxidation sites excluding steroid dienone is 2. The number of carbonyl (C=O) groups is 1. The number of carbonyl (C=O) groups excluding carboxylic acids is 1. The summed E-state index contributed by atoms with van der Waals surface area (Å²) in [5.41, 5.74) is 3.02. The standard InChI is InChI=1S/C22H21N3O/c1-22(11-6-17(7-12-22)18-8-13-23-14-9-18)24-21(26)16-25-15-10-19-4-2-3-5-20(19)25/h2-11,13-15H,12,16H2,1H3,(H,24,26). The van der Waals surface area contributed by atoms with Crippen LogP contribution in [0.3, 0.4) is 0 Å². The van der Waals surface area contributed by atoms with Gasteiger partial charge in [-0.3, -0.25) is 9.78 Å². The van der Waals surface area contributed by atoms with Crippen LogP contribution in [-0.2, 0) is 11.3 Å². The minimum atomic E-state index is -0.365. The van der Waals surface area contributed by atoms with Crippen molar-refractivity contribution in [2.75, 3.05) is 0 Å². The molecular weight excluding hydrogens is 322 g/mol. The van der Waals surface area contributed by atoms with Gasteiger partial charge in [0.1, 0.15) is 6.54 Å². The number of para-hydroxylation sites is 1. The van der Waals surface area contributed by atoms with Crippen LogP contribution in [0.25, 0.3) is 16.5 Å². The fourth-order valence-electron chi connectivity index (χ4n) is 3.37. The Kier molecular flexibility index (Phi) is 4.17. The van der Waals surface area contributed by atoms with E-state index in [1.54, 1.807) is 12.4 Å². The molecule has 0 spiro atoms. The molecule has 0 aliphatic heterocycles. The van der Waals surface area contributed by atoms with Crippen LogP contribution < -0.4 is 5.32 Å². The highest BCUT2D eigenvalue weighted by Gasteiger charge is 2.25. The number of fused-ring (bicyclic) bond motifs is 1. The van der Waals surface area contributed by atoms with Crippen molar-refractivity contribution in [3.05, 3.63) is 84.8 Å². The SMILES string of the molecule is CC1(NC(=O)Cn2ccc3ccccc32)C=CC(c2ccncc2)=CC1. The number of hydrogen-bond donors (Lipinski definition) is 1.